The van der Waals surface area contributed by atoms with Gasteiger partial charge < -0.3 is 0 Å². The van der Waals surface area contributed by atoms with Crippen molar-refractivity contribution in [3.63, 3.8) is 0 Å². The second-order valence-electron chi connectivity index (χ2n) is 4.32. The van der Waals surface area contributed by atoms with Crippen LogP contribution in [0.4, 0.5) is 11.4 Å². The van der Waals surface area contributed by atoms with E-state index in [0.29, 0.717) is 5.69 Å². The number of hydrogen-bond donors (Lipinski definition) is 0. The minimum absolute atomic E-state index is 0.420. The van der Waals surface area contributed by atoms with Crippen molar-refractivity contribution in [1.29, 1.82) is 0 Å². The van der Waals surface area contributed by atoms with Gasteiger partial charge in [0.25, 0.3) is 0 Å². The van der Waals surface area contributed by atoms with Crippen molar-refractivity contribution in [3.8, 4) is 0 Å². The fourth-order valence-electron chi connectivity index (χ4n) is 1.87. The zero-order valence-corrected chi connectivity index (χ0v) is 12.3. The summed E-state index contributed by atoms with van der Waals surface area (Å²) in [7, 11) is 0. The molecule has 0 atom stereocenters. The summed E-state index contributed by atoms with van der Waals surface area (Å²) < 4.78 is 1.78. The molecule has 22 heavy (non-hydrogen) atoms. The number of nitrogens with zero attached hydrogens (tertiary/aromatic N) is 5. The number of aromatic nitrogens is 3. The molecule has 112 valence electrons. The highest BCUT2D eigenvalue weighted by Gasteiger charge is 2.05. The van der Waals surface area contributed by atoms with E-state index in [2.05, 4.69) is 15.4 Å². The zero-order valence-electron chi connectivity index (χ0n) is 12.3. The first-order valence-corrected chi connectivity index (χ1v) is 6.91. The van der Waals surface area contributed by atoms with Gasteiger partial charge in [0.15, 0.2) is 0 Å². The molecule has 0 spiro atoms. The van der Waals surface area contributed by atoms with Gasteiger partial charge in [0.1, 0.15) is 18.3 Å². The summed E-state index contributed by atoms with van der Waals surface area (Å²) >= 11 is 0. The largest absolute Gasteiger partial charge is 0.279 e. The predicted molar refractivity (Wildman–Crippen MR) is 86.8 cm³/mol. The Morgan fingerprint density at radius 2 is 1.45 bits per heavy atom. The van der Waals surface area contributed by atoms with Gasteiger partial charge in [0.2, 0.25) is 0 Å². The summed E-state index contributed by atoms with van der Waals surface area (Å²) in [6.45, 7) is 2.79. The second-order valence-corrected chi connectivity index (χ2v) is 4.32. The average molecular weight is 295 g/mol. The number of benzene rings is 2. The Kier molecular flexibility index (Phi) is 5.80. The van der Waals surface area contributed by atoms with Crippen LogP contribution < -0.4 is 5.01 Å². The van der Waals surface area contributed by atoms with E-state index in [1.165, 1.54) is 0 Å². The average Bonchev–Trinajstić information content (AvgIpc) is 3.13. The molecule has 0 bridgehead atoms. The van der Waals surface area contributed by atoms with E-state index in [0.717, 1.165) is 12.2 Å². The van der Waals surface area contributed by atoms with Gasteiger partial charge in [-0.05, 0) is 36.4 Å². The monoisotopic (exact) mass is 295 g/mol. The molecular formula is C16H17N5O. The van der Waals surface area contributed by atoms with Crippen LogP contribution in [0.2, 0.25) is 0 Å². The van der Waals surface area contributed by atoms with Crippen molar-refractivity contribution >= 4 is 11.4 Å². The molecule has 0 unspecified atom stereocenters. The summed E-state index contributed by atoms with van der Waals surface area (Å²) in [5.74, 6) is 0. The summed E-state index contributed by atoms with van der Waals surface area (Å²) in [6.07, 6.45) is 3.24. The highest BCUT2D eigenvalue weighted by molar-refractivity contribution is 5.52. The molecule has 1 aromatic heterocycles. The fraction of sp³-hybridized carbons (Fsp3) is 0.125. The van der Waals surface area contributed by atoms with Crippen LogP contribution in [0.15, 0.2) is 78.5 Å². The Labute approximate surface area is 129 Å². The Balaban J connectivity index is 0.000000246. The summed E-state index contributed by atoms with van der Waals surface area (Å²) in [4.78, 5) is 10.3. The summed E-state index contributed by atoms with van der Waals surface area (Å²) in [5.41, 5.74) is 1.37. The lowest BCUT2D eigenvalue weighted by molar-refractivity contribution is 0.710. The number of nitroso groups, excluding NO2 is 1. The maximum absolute atomic E-state index is 10.3. The SMILES string of the molecule is CCN(c1ccc(N=O)cc1)n1cnnc1.c1ccccc1. The van der Waals surface area contributed by atoms with Crippen LogP contribution in [-0.2, 0) is 0 Å². The van der Waals surface area contributed by atoms with E-state index in [1.54, 1.807) is 29.5 Å². The maximum Gasteiger partial charge on any atom is 0.139 e. The van der Waals surface area contributed by atoms with Crippen molar-refractivity contribution in [2.45, 2.75) is 6.92 Å². The van der Waals surface area contributed by atoms with Crippen molar-refractivity contribution in [1.82, 2.24) is 14.9 Å². The number of anilines is 1. The molecule has 0 aliphatic heterocycles. The van der Waals surface area contributed by atoms with Crippen molar-refractivity contribution in [2.24, 2.45) is 5.18 Å². The zero-order chi connectivity index (χ0) is 15.6. The van der Waals surface area contributed by atoms with E-state index < -0.39 is 0 Å². The van der Waals surface area contributed by atoms with Crippen LogP contribution in [0.1, 0.15) is 6.92 Å². The minimum atomic E-state index is 0.420. The lowest BCUT2D eigenvalue weighted by atomic mass is 10.3. The Bertz CT molecular complexity index is 626. The molecular weight excluding hydrogens is 278 g/mol. The molecule has 0 saturated carbocycles. The van der Waals surface area contributed by atoms with E-state index in [9.17, 15) is 4.91 Å². The number of rotatable bonds is 4. The molecule has 6 nitrogen and oxygen atoms in total. The van der Waals surface area contributed by atoms with Crippen molar-refractivity contribution < 1.29 is 0 Å². The third-order valence-electron chi connectivity index (χ3n) is 2.90. The fourth-order valence-corrected chi connectivity index (χ4v) is 1.87. The van der Waals surface area contributed by atoms with Gasteiger partial charge in [-0.1, -0.05) is 36.4 Å². The van der Waals surface area contributed by atoms with E-state index in [1.807, 2.05) is 60.5 Å². The molecule has 0 amide bonds. The first-order valence-electron chi connectivity index (χ1n) is 6.91. The molecule has 0 aliphatic rings. The van der Waals surface area contributed by atoms with E-state index in [4.69, 9.17) is 0 Å². The molecule has 1 heterocycles. The lowest BCUT2D eigenvalue weighted by Gasteiger charge is -2.22. The van der Waals surface area contributed by atoms with Gasteiger partial charge in [0.05, 0.1) is 5.69 Å². The molecule has 0 radical (unpaired) electrons. The molecule has 6 heteroatoms. The van der Waals surface area contributed by atoms with Crippen LogP contribution in [-0.4, -0.2) is 21.4 Å². The first kappa shape index (κ1) is 15.4. The Morgan fingerprint density at radius 3 is 1.86 bits per heavy atom. The van der Waals surface area contributed by atoms with Crippen molar-refractivity contribution in [2.75, 3.05) is 11.6 Å². The van der Waals surface area contributed by atoms with Crippen LogP contribution >= 0.6 is 0 Å². The third kappa shape index (κ3) is 4.24. The Hall–Kier alpha value is -3.02. The predicted octanol–water partition coefficient (Wildman–Crippen LogP) is 3.65. The second kappa shape index (κ2) is 8.31. The van der Waals surface area contributed by atoms with Gasteiger partial charge in [0, 0.05) is 6.54 Å². The third-order valence-corrected chi connectivity index (χ3v) is 2.90. The molecule has 0 fully saturated rings. The van der Waals surface area contributed by atoms with Gasteiger partial charge in [-0.2, -0.15) is 0 Å². The van der Waals surface area contributed by atoms with Crippen molar-refractivity contribution in [3.05, 3.63) is 78.2 Å². The molecule has 3 aromatic rings. The summed E-state index contributed by atoms with van der Waals surface area (Å²) in [6, 6.07) is 19.0. The summed E-state index contributed by atoms with van der Waals surface area (Å²) in [5, 5.41) is 12.3. The molecule has 0 saturated heterocycles. The minimum Gasteiger partial charge on any atom is -0.279 e. The van der Waals surface area contributed by atoms with Gasteiger partial charge in [-0.3, -0.25) is 5.01 Å². The van der Waals surface area contributed by atoms with E-state index >= 15 is 0 Å². The smallest absolute Gasteiger partial charge is 0.139 e. The molecule has 2 aromatic carbocycles. The maximum atomic E-state index is 10.3. The van der Waals surface area contributed by atoms with Crippen LogP contribution in [0.25, 0.3) is 0 Å². The van der Waals surface area contributed by atoms with Crippen LogP contribution in [0, 0.1) is 4.91 Å². The van der Waals surface area contributed by atoms with Gasteiger partial charge in [-0.15, -0.1) is 15.1 Å². The standard InChI is InChI=1S/C10H11N5O.C6H6/c1-2-15(14-7-11-12-8-14)10-5-3-9(13-16)4-6-10;1-2-4-6-5-3-1/h3-8H,2H2,1H3;1-6H. The lowest BCUT2D eigenvalue weighted by Crippen LogP contribution is -2.27. The number of hydrogen-bond acceptors (Lipinski definition) is 5. The van der Waals surface area contributed by atoms with E-state index in [-0.39, 0.29) is 0 Å². The molecule has 3 rings (SSSR count). The highest BCUT2D eigenvalue weighted by atomic mass is 16.3. The Morgan fingerprint density at radius 1 is 0.955 bits per heavy atom. The van der Waals surface area contributed by atoms with Gasteiger partial charge in [-0.25, -0.2) is 4.68 Å². The topological polar surface area (TPSA) is 63.4 Å². The van der Waals surface area contributed by atoms with Crippen LogP contribution in [0.3, 0.4) is 0 Å². The first-order chi connectivity index (χ1) is 10.8. The quantitative estimate of drug-likeness (QED) is 0.689. The van der Waals surface area contributed by atoms with Gasteiger partial charge >= 0.3 is 0 Å². The van der Waals surface area contributed by atoms with Crippen LogP contribution in [0.5, 0.6) is 0 Å². The molecule has 0 aliphatic carbocycles. The molecule has 0 N–H and O–H groups in total. The highest BCUT2D eigenvalue weighted by Crippen LogP contribution is 2.19. The normalized spacial score (nSPS) is 9.50.